The fourth-order valence-electron chi connectivity index (χ4n) is 2.37. The summed E-state index contributed by atoms with van der Waals surface area (Å²) in [5.41, 5.74) is -0.347. The molecule has 0 saturated heterocycles. The molecule has 0 fully saturated rings. The summed E-state index contributed by atoms with van der Waals surface area (Å²) >= 11 is 7.58. The first-order valence-electron chi connectivity index (χ1n) is 6.16. The lowest BCUT2D eigenvalue weighted by Crippen LogP contribution is -2.30. The molecule has 3 rings (SSSR count). The molecule has 1 aromatic heterocycles. The van der Waals surface area contributed by atoms with E-state index >= 15 is 0 Å². The van der Waals surface area contributed by atoms with Gasteiger partial charge in [-0.1, -0.05) is 0 Å². The topological polar surface area (TPSA) is 37.4 Å². The first-order valence-corrected chi connectivity index (χ1v) is 8.57. The summed E-state index contributed by atoms with van der Waals surface area (Å²) in [5, 5.41) is 0. The van der Waals surface area contributed by atoms with Crippen LogP contribution in [-0.2, 0) is 6.18 Å². The fraction of sp³-hybridized carbons (Fsp3) is 0.143. The standard InChI is InChI=1S/C14H6Br2F3NO2S/c1-5-2-6(14(17,18)19)4-7(3-5)20-12(21)8-9(13(20)22)11(16)23-10(8)15/h2-4H,1H3. The Morgan fingerprint density at radius 2 is 1.52 bits per heavy atom. The molecule has 1 aromatic carbocycles. The third-order valence-electron chi connectivity index (χ3n) is 3.30. The number of aryl methyl sites for hydroxylation is 1. The summed E-state index contributed by atoms with van der Waals surface area (Å²) in [5.74, 6) is -1.28. The molecule has 2 amide bonds. The van der Waals surface area contributed by atoms with Gasteiger partial charge in [0.2, 0.25) is 0 Å². The third kappa shape index (κ3) is 2.64. The highest BCUT2D eigenvalue weighted by Crippen LogP contribution is 2.44. The van der Waals surface area contributed by atoms with E-state index in [1.54, 1.807) is 0 Å². The molecule has 9 heteroatoms. The van der Waals surface area contributed by atoms with Crippen molar-refractivity contribution in [3.05, 3.63) is 48.0 Å². The second-order valence-electron chi connectivity index (χ2n) is 4.90. The van der Waals surface area contributed by atoms with Crippen LogP contribution in [0, 0.1) is 6.92 Å². The number of halogens is 5. The van der Waals surface area contributed by atoms with Crippen LogP contribution in [0.15, 0.2) is 25.8 Å². The van der Waals surface area contributed by atoms with Crippen molar-refractivity contribution in [3.8, 4) is 0 Å². The summed E-state index contributed by atoms with van der Waals surface area (Å²) in [6.45, 7) is 1.48. The van der Waals surface area contributed by atoms with E-state index in [1.807, 2.05) is 0 Å². The van der Waals surface area contributed by atoms with Gasteiger partial charge in [-0.2, -0.15) is 13.2 Å². The van der Waals surface area contributed by atoms with Gasteiger partial charge in [0.1, 0.15) is 0 Å². The van der Waals surface area contributed by atoms with E-state index in [4.69, 9.17) is 0 Å². The lowest BCUT2D eigenvalue weighted by atomic mass is 10.1. The fourth-order valence-corrected chi connectivity index (χ4v) is 5.46. The van der Waals surface area contributed by atoms with Gasteiger partial charge < -0.3 is 0 Å². The van der Waals surface area contributed by atoms with Crippen LogP contribution < -0.4 is 4.90 Å². The van der Waals surface area contributed by atoms with Crippen LogP contribution in [0.2, 0.25) is 0 Å². The van der Waals surface area contributed by atoms with Gasteiger partial charge in [0, 0.05) is 0 Å². The average Bonchev–Trinajstić information content (AvgIpc) is 2.85. The zero-order valence-electron chi connectivity index (χ0n) is 11.3. The molecule has 0 aliphatic carbocycles. The molecular weight excluding hydrogens is 463 g/mol. The molecule has 0 atom stereocenters. The monoisotopic (exact) mass is 467 g/mol. The maximum atomic E-state index is 13.0. The number of thiophene rings is 1. The van der Waals surface area contributed by atoms with Crippen molar-refractivity contribution in [2.75, 3.05) is 4.90 Å². The molecule has 0 saturated carbocycles. The molecule has 0 N–H and O–H groups in total. The summed E-state index contributed by atoms with van der Waals surface area (Å²) in [4.78, 5) is 25.8. The van der Waals surface area contributed by atoms with Crippen LogP contribution in [0.4, 0.5) is 18.9 Å². The second-order valence-corrected chi connectivity index (χ2v) is 8.56. The molecule has 2 aromatic rings. The molecule has 2 heterocycles. The van der Waals surface area contributed by atoms with Crippen molar-refractivity contribution in [3.63, 3.8) is 0 Å². The Hall–Kier alpha value is -1.19. The number of alkyl halides is 3. The van der Waals surface area contributed by atoms with E-state index in [2.05, 4.69) is 31.9 Å². The van der Waals surface area contributed by atoms with Gasteiger partial charge in [0.25, 0.3) is 11.8 Å². The van der Waals surface area contributed by atoms with Crippen LogP contribution >= 0.6 is 43.2 Å². The second kappa shape index (κ2) is 5.42. The van der Waals surface area contributed by atoms with Gasteiger partial charge in [-0.15, -0.1) is 11.3 Å². The predicted molar refractivity (Wildman–Crippen MR) is 87.0 cm³/mol. The maximum Gasteiger partial charge on any atom is 0.416 e. The van der Waals surface area contributed by atoms with E-state index in [-0.39, 0.29) is 16.8 Å². The minimum atomic E-state index is -4.56. The Balaban J connectivity index is 2.15. The highest BCUT2D eigenvalue weighted by molar-refractivity contribution is 9.12. The van der Waals surface area contributed by atoms with Crippen LogP contribution in [0.3, 0.4) is 0 Å². The molecule has 3 nitrogen and oxygen atoms in total. The maximum absolute atomic E-state index is 13.0. The number of nitrogens with zero attached hydrogens (tertiary/aromatic N) is 1. The molecular formula is C14H6Br2F3NO2S. The third-order valence-corrected chi connectivity index (χ3v) is 5.83. The largest absolute Gasteiger partial charge is 0.416 e. The van der Waals surface area contributed by atoms with E-state index in [0.717, 1.165) is 17.0 Å². The molecule has 120 valence electrons. The SMILES string of the molecule is Cc1cc(N2C(=O)c3c(Br)sc(Br)c3C2=O)cc(C(F)(F)F)c1. The van der Waals surface area contributed by atoms with Crippen molar-refractivity contribution in [1.82, 2.24) is 0 Å². The van der Waals surface area contributed by atoms with Gasteiger partial charge in [-0.05, 0) is 62.5 Å². The minimum Gasteiger partial charge on any atom is -0.268 e. The van der Waals surface area contributed by atoms with Gasteiger partial charge >= 0.3 is 6.18 Å². The smallest absolute Gasteiger partial charge is 0.268 e. The number of amides is 2. The molecule has 0 unspecified atom stereocenters. The van der Waals surface area contributed by atoms with Gasteiger partial charge in [-0.25, -0.2) is 4.90 Å². The molecule has 0 radical (unpaired) electrons. The van der Waals surface area contributed by atoms with Crippen LogP contribution in [0.25, 0.3) is 0 Å². The van der Waals surface area contributed by atoms with Crippen LogP contribution in [0.1, 0.15) is 31.8 Å². The van der Waals surface area contributed by atoms with E-state index < -0.39 is 23.6 Å². The Kier molecular flexibility index (Phi) is 3.93. The summed E-state index contributed by atoms with van der Waals surface area (Å²) < 4.78 is 39.8. The average molecular weight is 469 g/mol. The van der Waals surface area contributed by atoms with Gasteiger partial charge in [0.15, 0.2) is 0 Å². The van der Waals surface area contributed by atoms with Crippen molar-refractivity contribution >= 4 is 60.7 Å². The number of carbonyl (C=O) groups is 2. The Bertz CT molecular complexity index is 824. The summed E-state index contributed by atoms with van der Waals surface area (Å²) in [6.07, 6.45) is -4.56. The minimum absolute atomic E-state index is 0.0904. The van der Waals surface area contributed by atoms with Crippen LogP contribution in [-0.4, -0.2) is 11.8 Å². The highest BCUT2D eigenvalue weighted by Gasteiger charge is 2.42. The van der Waals surface area contributed by atoms with Gasteiger partial charge in [0.05, 0.1) is 30.0 Å². The molecule has 1 aliphatic heterocycles. The molecule has 23 heavy (non-hydrogen) atoms. The van der Waals surface area contributed by atoms with Gasteiger partial charge in [-0.3, -0.25) is 9.59 Å². The number of hydrogen-bond donors (Lipinski definition) is 0. The number of anilines is 1. The number of rotatable bonds is 1. The Labute approximate surface area is 149 Å². The molecule has 1 aliphatic rings. The normalized spacial score (nSPS) is 14.6. The highest BCUT2D eigenvalue weighted by atomic mass is 79.9. The number of benzene rings is 1. The first-order chi connectivity index (χ1) is 10.6. The summed E-state index contributed by atoms with van der Waals surface area (Å²) in [6, 6.07) is 3.15. The van der Waals surface area contributed by atoms with E-state index in [9.17, 15) is 22.8 Å². The zero-order chi connectivity index (χ0) is 17.1. The lowest BCUT2D eigenvalue weighted by Gasteiger charge is -2.17. The summed E-state index contributed by atoms with van der Waals surface area (Å²) in [7, 11) is 0. The van der Waals surface area contributed by atoms with Crippen molar-refractivity contribution in [2.45, 2.75) is 13.1 Å². The number of carbonyl (C=O) groups excluding carboxylic acids is 2. The van der Waals surface area contributed by atoms with E-state index in [1.165, 1.54) is 24.3 Å². The van der Waals surface area contributed by atoms with Crippen molar-refractivity contribution < 1.29 is 22.8 Å². The zero-order valence-corrected chi connectivity index (χ0v) is 15.3. The van der Waals surface area contributed by atoms with Crippen molar-refractivity contribution in [2.24, 2.45) is 0 Å². The number of imide groups is 1. The van der Waals surface area contributed by atoms with E-state index in [0.29, 0.717) is 13.1 Å². The number of hydrogen-bond acceptors (Lipinski definition) is 3. The molecule has 0 spiro atoms. The predicted octanol–water partition coefficient (Wildman–Crippen LogP) is 5.40. The quantitative estimate of drug-likeness (QED) is 0.525. The molecule has 0 bridgehead atoms. The lowest BCUT2D eigenvalue weighted by molar-refractivity contribution is -0.137. The Morgan fingerprint density at radius 3 is 2.00 bits per heavy atom. The van der Waals surface area contributed by atoms with Crippen LogP contribution in [0.5, 0.6) is 0 Å². The first kappa shape index (κ1) is 16.7. The number of fused-ring (bicyclic) bond motifs is 1. The Morgan fingerprint density at radius 1 is 1.00 bits per heavy atom. The van der Waals surface area contributed by atoms with Crippen molar-refractivity contribution in [1.29, 1.82) is 0 Å².